The Hall–Kier alpha value is -1.36. The summed E-state index contributed by atoms with van der Waals surface area (Å²) in [5, 5.41) is 5.91. The second-order valence-corrected chi connectivity index (χ2v) is 5.00. The molecule has 1 aromatic carbocycles. The Balaban J connectivity index is 2.62. The molecule has 0 fully saturated rings. The number of thioether (sulfide) groups is 1. The summed E-state index contributed by atoms with van der Waals surface area (Å²) in [6.45, 7) is 0.855. The zero-order chi connectivity index (χ0) is 13.4. The fourth-order valence-electron chi connectivity index (χ4n) is 1.64. The number of anilines is 2. The van der Waals surface area contributed by atoms with Crippen molar-refractivity contribution in [1.29, 1.82) is 0 Å². The molecule has 0 aliphatic heterocycles. The van der Waals surface area contributed by atoms with Crippen LogP contribution in [0.5, 0.6) is 0 Å². The van der Waals surface area contributed by atoms with Gasteiger partial charge in [0, 0.05) is 25.0 Å². The number of rotatable bonds is 7. The topological polar surface area (TPSA) is 67.2 Å². The summed E-state index contributed by atoms with van der Waals surface area (Å²) in [6, 6.07) is 5.29. The predicted octanol–water partition coefficient (Wildman–Crippen LogP) is 2.18. The van der Waals surface area contributed by atoms with Gasteiger partial charge in [0.25, 0.3) is 5.91 Å². The quantitative estimate of drug-likeness (QED) is 0.523. The van der Waals surface area contributed by atoms with Gasteiger partial charge in [0.2, 0.25) is 0 Å². The standard InChI is InChI=1S/C13H21N3OS/c1-15-13(17)11-6-5-10(14)9-12(11)16-7-3-4-8-18-2/h5-6,9,16H,3-4,7-8,14H2,1-2H3,(H,15,17). The van der Waals surface area contributed by atoms with Crippen LogP contribution in [-0.2, 0) is 0 Å². The summed E-state index contributed by atoms with van der Waals surface area (Å²) >= 11 is 1.85. The SMILES string of the molecule is CNC(=O)c1ccc(N)cc1NCCCCSC. The highest BCUT2D eigenvalue weighted by atomic mass is 32.2. The first-order valence-electron chi connectivity index (χ1n) is 6.03. The second kappa shape index (κ2) is 7.87. The molecule has 0 spiro atoms. The van der Waals surface area contributed by atoms with Crippen molar-refractivity contribution in [2.75, 3.05) is 36.7 Å². The van der Waals surface area contributed by atoms with Crippen LogP contribution in [0.15, 0.2) is 18.2 Å². The normalized spacial score (nSPS) is 10.1. The van der Waals surface area contributed by atoms with Crippen molar-refractivity contribution in [2.24, 2.45) is 0 Å². The fraction of sp³-hybridized carbons (Fsp3) is 0.462. The van der Waals surface area contributed by atoms with Crippen molar-refractivity contribution in [3.8, 4) is 0 Å². The molecule has 0 aliphatic rings. The van der Waals surface area contributed by atoms with Crippen LogP contribution < -0.4 is 16.4 Å². The number of hydrogen-bond acceptors (Lipinski definition) is 4. The average Bonchev–Trinajstić information content (AvgIpc) is 2.38. The number of nitrogen functional groups attached to an aromatic ring is 1. The van der Waals surface area contributed by atoms with Crippen LogP contribution in [0.4, 0.5) is 11.4 Å². The van der Waals surface area contributed by atoms with Crippen LogP contribution in [0.3, 0.4) is 0 Å². The Bertz CT molecular complexity index is 396. The molecule has 5 heteroatoms. The van der Waals surface area contributed by atoms with Gasteiger partial charge < -0.3 is 16.4 Å². The number of carbonyl (C=O) groups excluding carboxylic acids is 1. The first kappa shape index (κ1) is 14.7. The number of nitrogens with two attached hydrogens (primary N) is 1. The van der Waals surface area contributed by atoms with E-state index in [-0.39, 0.29) is 5.91 Å². The molecule has 18 heavy (non-hydrogen) atoms. The molecule has 1 rings (SSSR count). The zero-order valence-corrected chi connectivity index (χ0v) is 11.8. The smallest absolute Gasteiger partial charge is 0.253 e. The van der Waals surface area contributed by atoms with E-state index >= 15 is 0 Å². The molecule has 0 saturated carbocycles. The summed E-state index contributed by atoms with van der Waals surface area (Å²) < 4.78 is 0. The molecule has 0 atom stereocenters. The maximum Gasteiger partial charge on any atom is 0.253 e. The van der Waals surface area contributed by atoms with Gasteiger partial charge in [-0.25, -0.2) is 0 Å². The second-order valence-electron chi connectivity index (χ2n) is 4.01. The minimum atomic E-state index is -0.0957. The number of unbranched alkanes of at least 4 members (excludes halogenated alkanes) is 1. The first-order valence-corrected chi connectivity index (χ1v) is 7.43. The van der Waals surface area contributed by atoms with E-state index < -0.39 is 0 Å². The molecule has 4 nitrogen and oxygen atoms in total. The maximum atomic E-state index is 11.7. The first-order chi connectivity index (χ1) is 8.69. The highest BCUT2D eigenvalue weighted by molar-refractivity contribution is 7.98. The third-order valence-corrected chi connectivity index (χ3v) is 3.30. The summed E-state index contributed by atoms with van der Waals surface area (Å²) in [4.78, 5) is 11.7. The summed E-state index contributed by atoms with van der Waals surface area (Å²) in [7, 11) is 1.63. The van der Waals surface area contributed by atoms with Crippen LogP contribution in [0.1, 0.15) is 23.2 Å². The molecule has 0 saturated heterocycles. The van der Waals surface area contributed by atoms with Gasteiger partial charge >= 0.3 is 0 Å². The highest BCUT2D eigenvalue weighted by Crippen LogP contribution is 2.19. The number of benzene rings is 1. The summed E-state index contributed by atoms with van der Waals surface area (Å²) in [5.74, 6) is 1.07. The van der Waals surface area contributed by atoms with E-state index in [9.17, 15) is 4.79 Å². The maximum absolute atomic E-state index is 11.7. The Labute approximate surface area is 113 Å². The summed E-state index contributed by atoms with van der Waals surface area (Å²) in [6.07, 6.45) is 4.36. The Morgan fingerprint density at radius 2 is 2.17 bits per heavy atom. The third-order valence-electron chi connectivity index (χ3n) is 2.61. The van der Waals surface area contributed by atoms with E-state index in [0.717, 1.165) is 18.7 Å². The van der Waals surface area contributed by atoms with Gasteiger partial charge in [-0.2, -0.15) is 11.8 Å². The Morgan fingerprint density at radius 1 is 1.39 bits per heavy atom. The highest BCUT2D eigenvalue weighted by Gasteiger charge is 2.09. The molecule has 1 aromatic rings. The van der Waals surface area contributed by atoms with Gasteiger partial charge in [-0.05, 0) is 43.0 Å². The van der Waals surface area contributed by atoms with Crippen molar-refractivity contribution in [3.63, 3.8) is 0 Å². The van der Waals surface area contributed by atoms with Crippen LogP contribution >= 0.6 is 11.8 Å². The van der Waals surface area contributed by atoms with Gasteiger partial charge in [0.05, 0.1) is 5.56 Å². The molecule has 0 unspecified atom stereocenters. The Morgan fingerprint density at radius 3 is 2.83 bits per heavy atom. The van der Waals surface area contributed by atoms with Crippen molar-refractivity contribution < 1.29 is 4.79 Å². The lowest BCUT2D eigenvalue weighted by Gasteiger charge is -2.12. The molecule has 0 bridgehead atoms. The molecule has 0 aliphatic carbocycles. The van der Waals surface area contributed by atoms with Crippen molar-refractivity contribution in [1.82, 2.24) is 5.32 Å². The van der Waals surface area contributed by atoms with Gasteiger partial charge in [-0.3, -0.25) is 4.79 Å². The molecule has 100 valence electrons. The molecule has 4 N–H and O–H groups in total. The average molecular weight is 267 g/mol. The molecule has 1 amide bonds. The molecule has 0 heterocycles. The van der Waals surface area contributed by atoms with Crippen molar-refractivity contribution in [3.05, 3.63) is 23.8 Å². The van der Waals surface area contributed by atoms with Crippen LogP contribution in [0, 0.1) is 0 Å². The molecular formula is C13H21N3OS. The van der Waals surface area contributed by atoms with Crippen LogP contribution in [0.2, 0.25) is 0 Å². The zero-order valence-electron chi connectivity index (χ0n) is 11.0. The minimum absolute atomic E-state index is 0.0957. The molecular weight excluding hydrogens is 246 g/mol. The molecule has 0 radical (unpaired) electrons. The monoisotopic (exact) mass is 267 g/mol. The fourth-order valence-corrected chi connectivity index (χ4v) is 2.13. The van der Waals surface area contributed by atoms with E-state index in [1.165, 1.54) is 12.2 Å². The van der Waals surface area contributed by atoms with Crippen molar-refractivity contribution in [2.45, 2.75) is 12.8 Å². The third kappa shape index (κ3) is 4.49. The number of amides is 1. The lowest BCUT2D eigenvalue weighted by Crippen LogP contribution is -2.20. The van der Waals surface area contributed by atoms with E-state index in [4.69, 9.17) is 5.73 Å². The van der Waals surface area contributed by atoms with Crippen molar-refractivity contribution >= 4 is 29.0 Å². The van der Waals surface area contributed by atoms with Gasteiger partial charge in [-0.15, -0.1) is 0 Å². The molecule has 0 aromatic heterocycles. The van der Waals surface area contributed by atoms with Gasteiger partial charge in [-0.1, -0.05) is 0 Å². The lowest BCUT2D eigenvalue weighted by molar-refractivity contribution is 0.0964. The van der Waals surface area contributed by atoms with Gasteiger partial charge in [0.15, 0.2) is 0 Å². The van der Waals surface area contributed by atoms with Crippen LogP contribution in [0.25, 0.3) is 0 Å². The van der Waals surface area contributed by atoms with E-state index in [1.807, 2.05) is 11.8 Å². The van der Waals surface area contributed by atoms with E-state index in [0.29, 0.717) is 11.3 Å². The number of nitrogens with one attached hydrogen (secondary N) is 2. The number of carbonyl (C=O) groups is 1. The van der Waals surface area contributed by atoms with Crippen LogP contribution in [-0.4, -0.2) is 31.5 Å². The van der Waals surface area contributed by atoms with Gasteiger partial charge in [0.1, 0.15) is 0 Å². The van der Waals surface area contributed by atoms with E-state index in [1.54, 1.807) is 25.2 Å². The Kier molecular flexibility index (Phi) is 6.43. The number of hydrogen-bond donors (Lipinski definition) is 3. The predicted molar refractivity (Wildman–Crippen MR) is 80.4 cm³/mol. The minimum Gasteiger partial charge on any atom is -0.399 e. The van der Waals surface area contributed by atoms with E-state index in [2.05, 4.69) is 16.9 Å². The largest absolute Gasteiger partial charge is 0.399 e. The summed E-state index contributed by atoms with van der Waals surface area (Å²) in [5.41, 5.74) is 7.85. The lowest BCUT2D eigenvalue weighted by atomic mass is 10.1.